The standard InChI is InChI=1S/C18H12BrF3N4O2/c1-9(18(20,21)22)27-15-5-3-11(6-12(15)19)17-25-16(26-28-17)10-2-4-13-14(7-10)24-8-23-13/h2-9H,1H3,(H,23,24). The van der Waals surface area contributed by atoms with Gasteiger partial charge in [-0.05, 0) is 59.3 Å². The largest absolute Gasteiger partial charge is 0.480 e. The predicted octanol–water partition coefficient (Wildman–Crippen LogP) is 5.37. The lowest BCUT2D eigenvalue weighted by Gasteiger charge is -2.18. The maximum Gasteiger partial charge on any atom is 0.425 e. The number of nitrogens with zero attached hydrogens (tertiary/aromatic N) is 3. The second kappa shape index (κ2) is 6.93. The maximum atomic E-state index is 12.7. The topological polar surface area (TPSA) is 76.8 Å². The van der Waals surface area contributed by atoms with E-state index in [-0.39, 0.29) is 11.6 Å². The monoisotopic (exact) mass is 452 g/mol. The van der Waals surface area contributed by atoms with Gasteiger partial charge in [-0.25, -0.2) is 4.98 Å². The van der Waals surface area contributed by atoms with Crippen LogP contribution in [-0.2, 0) is 0 Å². The van der Waals surface area contributed by atoms with Crippen LogP contribution in [0.2, 0.25) is 0 Å². The number of imidazole rings is 1. The van der Waals surface area contributed by atoms with Gasteiger partial charge in [0.25, 0.3) is 5.89 Å². The van der Waals surface area contributed by atoms with E-state index in [1.807, 2.05) is 18.2 Å². The summed E-state index contributed by atoms with van der Waals surface area (Å²) in [5.74, 6) is 0.683. The number of ether oxygens (including phenoxy) is 1. The number of aromatic amines is 1. The van der Waals surface area contributed by atoms with E-state index >= 15 is 0 Å². The molecule has 10 heteroatoms. The average Bonchev–Trinajstić information content (AvgIpc) is 3.31. The van der Waals surface area contributed by atoms with Gasteiger partial charge in [-0.1, -0.05) is 5.16 Å². The smallest absolute Gasteiger partial charge is 0.425 e. The van der Waals surface area contributed by atoms with Gasteiger partial charge in [0.15, 0.2) is 6.10 Å². The van der Waals surface area contributed by atoms with Crippen molar-refractivity contribution in [2.45, 2.75) is 19.2 Å². The molecule has 2 heterocycles. The molecule has 0 aliphatic carbocycles. The van der Waals surface area contributed by atoms with Crippen LogP contribution < -0.4 is 4.74 Å². The highest BCUT2D eigenvalue weighted by atomic mass is 79.9. The van der Waals surface area contributed by atoms with Gasteiger partial charge in [0, 0.05) is 11.1 Å². The number of hydrogen-bond donors (Lipinski definition) is 1. The highest BCUT2D eigenvalue weighted by Gasteiger charge is 2.38. The lowest BCUT2D eigenvalue weighted by Crippen LogP contribution is -2.31. The summed E-state index contributed by atoms with van der Waals surface area (Å²) in [5, 5.41) is 3.97. The number of fused-ring (bicyclic) bond motifs is 1. The SMILES string of the molecule is CC(Oc1ccc(-c2nc(-c3ccc4nc[nH]c4c3)no2)cc1Br)C(F)(F)F. The van der Waals surface area contributed by atoms with Gasteiger partial charge in [-0.3, -0.25) is 0 Å². The first-order chi connectivity index (χ1) is 13.3. The van der Waals surface area contributed by atoms with Crippen molar-refractivity contribution in [1.29, 1.82) is 0 Å². The van der Waals surface area contributed by atoms with Crippen molar-refractivity contribution in [2.75, 3.05) is 0 Å². The van der Waals surface area contributed by atoms with Crippen molar-refractivity contribution in [3.8, 4) is 28.6 Å². The minimum atomic E-state index is -4.45. The van der Waals surface area contributed by atoms with Gasteiger partial charge in [0.1, 0.15) is 5.75 Å². The molecule has 144 valence electrons. The Morgan fingerprint density at radius 1 is 1.14 bits per heavy atom. The summed E-state index contributed by atoms with van der Waals surface area (Å²) in [5.41, 5.74) is 2.94. The summed E-state index contributed by atoms with van der Waals surface area (Å²) in [6.45, 7) is 0.946. The molecular formula is C18H12BrF3N4O2. The number of nitrogens with one attached hydrogen (secondary N) is 1. The van der Waals surface area contributed by atoms with Crippen molar-refractivity contribution in [3.63, 3.8) is 0 Å². The van der Waals surface area contributed by atoms with E-state index in [4.69, 9.17) is 9.26 Å². The Morgan fingerprint density at radius 2 is 1.93 bits per heavy atom. The zero-order valence-corrected chi connectivity index (χ0v) is 15.9. The maximum absolute atomic E-state index is 12.7. The second-order valence-corrected chi connectivity index (χ2v) is 6.86. The molecule has 4 rings (SSSR count). The van der Waals surface area contributed by atoms with E-state index in [1.54, 1.807) is 18.5 Å². The van der Waals surface area contributed by atoms with Crippen molar-refractivity contribution in [2.24, 2.45) is 0 Å². The van der Waals surface area contributed by atoms with E-state index in [2.05, 4.69) is 36.0 Å². The van der Waals surface area contributed by atoms with Gasteiger partial charge in [-0.15, -0.1) is 0 Å². The first-order valence-electron chi connectivity index (χ1n) is 8.12. The number of H-pyrrole nitrogens is 1. The molecule has 4 aromatic rings. The van der Waals surface area contributed by atoms with Crippen molar-refractivity contribution in [3.05, 3.63) is 47.2 Å². The molecule has 1 atom stereocenters. The fraction of sp³-hybridized carbons (Fsp3) is 0.167. The summed E-state index contributed by atoms with van der Waals surface area (Å²) in [4.78, 5) is 11.5. The number of benzene rings is 2. The fourth-order valence-electron chi connectivity index (χ4n) is 2.52. The summed E-state index contributed by atoms with van der Waals surface area (Å²) < 4.78 is 48.6. The van der Waals surface area contributed by atoms with Crippen molar-refractivity contribution >= 4 is 27.0 Å². The first kappa shape index (κ1) is 18.5. The Morgan fingerprint density at radius 3 is 2.68 bits per heavy atom. The van der Waals surface area contributed by atoms with Gasteiger partial charge in [0.2, 0.25) is 5.82 Å². The van der Waals surface area contributed by atoms with Crippen LogP contribution in [0.1, 0.15) is 6.92 Å². The average molecular weight is 453 g/mol. The van der Waals surface area contributed by atoms with Crippen LogP contribution in [0, 0.1) is 0 Å². The van der Waals surface area contributed by atoms with Crippen LogP contribution in [0.15, 0.2) is 51.7 Å². The number of alkyl halides is 3. The van der Waals surface area contributed by atoms with Crippen LogP contribution in [-0.4, -0.2) is 32.4 Å². The summed E-state index contributed by atoms with van der Waals surface area (Å²) in [6, 6.07) is 10.0. The van der Waals surface area contributed by atoms with Crippen molar-refractivity contribution in [1.82, 2.24) is 20.1 Å². The van der Waals surface area contributed by atoms with Crippen LogP contribution in [0.25, 0.3) is 33.9 Å². The number of aromatic nitrogens is 4. The molecule has 0 spiro atoms. The molecule has 6 nitrogen and oxygen atoms in total. The Labute approximate surface area is 164 Å². The van der Waals surface area contributed by atoms with Gasteiger partial charge < -0.3 is 14.2 Å². The molecule has 0 bridgehead atoms. The van der Waals surface area contributed by atoms with Gasteiger partial charge >= 0.3 is 6.18 Å². The predicted molar refractivity (Wildman–Crippen MR) is 98.7 cm³/mol. The van der Waals surface area contributed by atoms with Gasteiger partial charge in [-0.2, -0.15) is 18.2 Å². The molecule has 0 fully saturated rings. The zero-order valence-electron chi connectivity index (χ0n) is 14.3. The van der Waals surface area contributed by atoms with E-state index in [0.29, 0.717) is 15.9 Å². The quantitative estimate of drug-likeness (QED) is 0.450. The minimum Gasteiger partial charge on any atom is -0.480 e. The third-order valence-corrected chi connectivity index (χ3v) is 4.67. The summed E-state index contributed by atoms with van der Waals surface area (Å²) >= 11 is 3.22. The summed E-state index contributed by atoms with van der Waals surface area (Å²) in [7, 11) is 0. The Bertz CT molecular complexity index is 1140. The molecule has 0 aliphatic rings. The third kappa shape index (κ3) is 3.59. The highest BCUT2D eigenvalue weighted by Crippen LogP contribution is 2.34. The zero-order chi connectivity index (χ0) is 19.9. The molecule has 0 amide bonds. The van der Waals surface area contributed by atoms with Crippen molar-refractivity contribution < 1.29 is 22.4 Å². The van der Waals surface area contributed by atoms with Crippen LogP contribution in [0.4, 0.5) is 13.2 Å². The molecule has 2 aromatic heterocycles. The Kier molecular flexibility index (Phi) is 4.58. The molecule has 1 unspecified atom stereocenters. The number of rotatable bonds is 4. The van der Waals surface area contributed by atoms with E-state index in [1.165, 1.54) is 6.07 Å². The van der Waals surface area contributed by atoms with E-state index in [0.717, 1.165) is 23.5 Å². The molecule has 0 radical (unpaired) electrons. The minimum absolute atomic E-state index is 0.0676. The summed E-state index contributed by atoms with van der Waals surface area (Å²) in [6.07, 6.45) is -4.78. The Hall–Kier alpha value is -2.88. The van der Waals surface area contributed by atoms with E-state index < -0.39 is 12.3 Å². The molecule has 0 saturated heterocycles. The number of hydrogen-bond acceptors (Lipinski definition) is 5. The molecule has 28 heavy (non-hydrogen) atoms. The third-order valence-electron chi connectivity index (χ3n) is 4.05. The fourth-order valence-corrected chi connectivity index (χ4v) is 2.99. The molecular weight excluding hydrogens is 441 g/mol. The molecule has 0 saturated carbocycles. The number of halogens is 4. The normalized spacial score (nSPS) is 13.0. The van der Waals surface area contributed by atoms with Crippen LogP contribution in [0.5, 0.6) is 5.75 Å². The molecule has 2 aromatic carbocycles. The molecule has 0 aliphatic heterocycles. The second-order valence-electron chi connectivity index (χ2n) is 6.00. The highest BCUT2D eigenvalue weighted by molar-refractivity contribution is 9.10. The Balaban J connectivity index is 1.59. The van der Waals surface area contributed by atoms with Crippen LogP contribution in [0.3, 0.4) is 0 Å². The lowest BCUT2D eigenvalue weighted by atomic mass is 10.2. The first-order valence-corrected chi connectivity index (χ1v) is 8.91. The van der Waals surface area contributed by atoms with Gasteiger partial charge in [0.05, 0.1) is 21.8 Å². The van der Waals surface area contributed by atoms with E-state index in [9.17, 15) is 13.2 Å². The lowest BCUT2D eigenvalue weighted by molar-refractivity contribution is -0.189. The van der Waals surface area contributed by atoms with Crippen LogP contribution >= 0.6 is 15.9 Å². The molecule has 1 N–H and O–H groups in total.